The molecule has 2 aromatic rings. The molecule has 1 aromatic heterocycles. The molecular weight excluding hydrogens is 375 g/mol. The van der Waals surface area contributed by atoms with Crippen molar-refractivity contribution in [2.45, 2.75) is 0 Å². The summed E-state index contributed by atoms with van der Waals surface area (Å²) >= 11 is 3.13. The fraction of sp³-hybridized carbons (Fsp3) is 0. The van der Waals surface area contributed by atoms with Gasteiger partial charge < -0.3 is 16.1 Å². The van der Waals surface area contributed by atoms with Crippen molar-refractivity contribution in [3.63, 3.8) is 0 Å². The standard InChI is InChI=1S/C9H9BrN6O2.2ClH/c10-6-1-5(7(17)2-8(6)18)3-12-14-9-15-13-4-16(9)11;;/h1-4,17-18H,11H2,(H,14,15);2*1H/b12-3+;;. The maximum Gasteiger partial charge on any atom is 0.263 e. The molecule has 0 spiro atoms. The van der Waals surface area contributed by atoms with Crippen LogP contribution in [0.3, 0.4) is 0 Å². The van der Waals surface area contributed by atoms with Crippen molar-refractivity contribution in [2.75, 3.05) is 11.3 Å². The van der Waals surface area contributed by atoms with Gasteiger partial charge in [0.15, 0.2) is 0 Å². The highest BCUT2D eigenvalue weighted by atomic mass is 79.9. The van der Waals surface area contributed by atoms with E-state index >= 15 is 0 Å². The molecule has 11 heteroatoms. The van der Waals surface area contributed by atoms with Crippen LogP contribution in [0.2, 0.25) is 0 Å². The lowest BCUT2D eigenvalue weighted by molar-refractivity contribution is 0.448. The lowest BCUT2D eigenvalue weighted by Gasteiger charge is -2.02. The summed E-state index contributed by atoms with van der Waals surface area (Å²) in [5.41, 5.74) is 2.96. The lowest BCUT2D eigenvalue weighted by Crippen LogP contribution is -2.10. The molecular formula is C9H11BrCl2N6O2. The van der Waals surface area contributed by atoms with Crippen molar-refractivity contribution < 1.29 is 10.2 Å². The summed E-state index contributed by atoms with van der Waals surface area (Å²) < 4.78 is 1.60. The van der Waals surface area contributed by atoms with Gasteiger partial charge in [0.2, 0.25) is 0 Å². The first-order valence-corrected chi connectivity index (χ1v) is 5.53. The number of aromatic nitrogens is 3. The number of halogens is 3. The van der Waals surface area contributed by atoms with E-state index in [0.717, 1.165) is 4.68 Å². The molecule has 0 amide bonds. The Bertz CT molecular complexity index is 606. The first-order valence-electron chi connectivity index (χ1n) is 4.73. The molecule has 0 fully saturated rings. The molecule has 0 saturated heterocycles. The number of nitrogens with one attached hydrogen (secondary N) is 1. The Hall–Kier alpha value is -1.71. The molecule has 1 heterocycles. The average Bonchev–Trinajstić information content (AvgIpc) is 2.72. The van der Waals surface area contributed by atoms with Crippen LogP contribution in [0.15, 0.2) is 28.0 Å². The zero-order valence-corrected chi connectivity index (χ0v) is 13.0. The van der Waals surface area contributed by atoms with Gasteiger partial charge in [0.1, 0.15) is 17.8 Å². The Morgan fingerprint density at radius 2 is 2.00 bits per heavy atom. The summed E-state index contributed by atoms with van der Waals surface area (Å²) in [4.78, 5) is 0. The molecule has 110 valence electrons. The van der Waals surface area contributed by atoms with Gasteiger partial charge in [-0.3, -0.25) is 0 Å². The second kappa shape index (κ2) is 7.78. The number of hydrogen-bond acceptors (Lipinski definition) is 7. The molecule has 0 aliphatic rings. The number of hydrogen-bond donors (Lipinski definition) is 4. The highest BCUT2D eigenvalue weighted by Crippen LogP contribution is 2.30. The van der Waals surface area contributed by atoms with E-state index in [0.29, 0.717) is 10.0 Å². The van der Waals surface area contributed by atoms with Crippen molar-refractivity contribution in [2.24, 2.45) is 5.10 Å². The number of hydrazone groups is 1. The molecule has 8 nitrogen and oxygen atoms in total. The summed E-state index contributed by atoms with van der Waals surface area (Å²) in [6.45, 7) is 0. The fourth-order valence-electron chi connectivity index (χ4n) is 1.15. The van der Waals surface area contributed by atoms with Crippen molar-refractivity contribution in [3.8, 4) is 11.5 Å². The average molecular weight is 386 g/mol. The van der Waals surface area contributed by atoms with E-state index in [4.69, 9.17) is 5.84 Å². The second-order valence-electron chi connectivity index (χ2n) is 3.29. The van der Waals surface area contributed by atoms with Gasteiger partial charge in [0, 0.05) is 11.6 Å². The van der Waals surface area contributed by atoms with Gasteiger partial charge in [-0.15, -0.1) is 35.0 Å². The normalized spacial score (nSPS) is 9.85. The van der Waals surface area contributed by atoms with Crippen LogP contribution < -0.4 is 11.3 Å². The predicted octanol–water partition coefficient (Wildman–Crippen LogP) is 1.46. The Labute approximate surface area is 134 Å². The number of nitrogen functional groups attached to an aromatic ring is 1. The fourth-order valence-corrected chi connectivity index (χ4v) is 1.51. The number of phenols is 2. The van der Waals surface area contributed by atoms with Gasteiger partial charge in [0.05, 0.1) is 10.7 Å². The minimum absolute atomic E-state index is 0. The third-order valence-electron chi connectivity index (χ3n) is 2.04. The van der Waals surface area contributed by atoms with Crippen LogP contribution in [0.5, 0.6) is 11.5 Å². The van der Waals surface area contributed by atoms with Crippen molar-refractivity contribution in [1.82, 2.24) is 14.9 Å². The molecule has 0 aliphatic carbocycles. The second-order valence-corrected chi connectivity index (χ2v) is 4.15. The van der Waals surface area contributed by atoms with E-state index in [-0.39, 0.29) is 42.3 Å². The topological polar surface area (TPSA) is 122 Å². The van der Waals surface area contributed by atoms with Gasteiger partial charge in [-0.25, -0.2) is 10.1 Å². The van der Waals surface area contributed by atoms with Crippen molar-refractivity contribution in [1.29, 1.82) is 0 Å². The molecule has 0 saturated carbocycles. The first kappa shape index (κ1) is 18.3. The predicted molar refractivity (Wildman–Crippen MR) is 83.4 cm³/mol. The van der Waals surface area contributed by atoms with Crippen LogP contribution in [0.25, 0.3) is 0 Å². The highest BCUT2D eigenvalue weighted by Gasteiger charge is 2.05. The molecule has 1 aromatic carbocycles. The summed E-state index contributed by atoms with van der Waals surface area (Å²) in [6, 6.07) is 2.72. The van der Waals surface area contributed by atoms with E-state index in [1.165, 1.54) is 24.7 Å². The number of phenolic OH excluding ortho intramolecular Hbond substituents is 2. The van der Waals surface area contributed by atoms with E-state index in [9.17, 15) is 10.2 Å². The summed E-state index contributed by atoms with van der Waals surface area (Å²) in [5, 5.41) is 29.9. The zero-order valence-electron chi connectivity index (χ0n) is 9.76. The number of rotatable bonds is 3. The smallest absolute Gasteiger partial charge is 0.263 e. The monoisotopic (exact) mass is 384 g/mol. The quantitative estimate of drug-likeness (QED) is 0.360. The van der Waals surface area contributed by atoms with Crippen LogP contribution >= 0.6 is 40.7 Å². The Morgan fingerprint density at radius 3 is 2.60 bits per heavy atom. The Morgan fingerprint density at radius 1 is 1.30 bits per heavy atom. The molecule has 5 N–H and O–H groups in total. The molecule has 0 bridgehead atoms. The number of nitrogens with zero attached hydrogens (tertiary/aromatic N) is 4. The molecule has 0 aliphatic heterocycles. The van der Waals surface area contributed by atoms with Crippen molar-refractivity contribution in [3.05, 3.63) is 28.5 Å². The molecule has 2 rings (SSSR count). The zero-order chi connectivity index (χ0) is 13.1. The minimum atomic E-state index is -0.101. The van der Waals surface area contributed by atoms with Gasteiger partial charge in [-0.1, -0.05) is 0 Å². The number of nitrogens with two attached hydrogens (primary N) is 1. The van der Waals surface area contributed by atoms with Crippen LogP contribution in [-0.2, 0) is 0 Å². The maximum absolute atomic E-state index is 9.57. The van der Waals surface area contributed by atoms with Gasteiger partial charge in [-0.2, -0.15) is 5.10 Å². The minimum Gasteiger partial charge on any atom is -0.507 e. The van der Waals surface area contributed by atoms with Crippen LogP contribution in [0, 0.1) is 0 Å². The highest BCUT2D eigenvalue weighted by molar-refractivity contribution is 9.10. The third kappa shape index (κ3) is 4.15. The largest absolute Gasteiger partial charge is 0.507 e. The maximum atomic E-state index is 9.57. The van der Waals surface area contributed by atoms with Gasteiger partial charge in [0.25, 0.3) is 5.95 Å². The number of anilines is 1. The molecule has 0 atom stereocenters. The summed E-state index contributed by atoms with van der Waals surface area (Å²) in [6.07, 6.45) is 2.67. The Balaban J connectivity index is 0.00000180. The molecule has 20 heavy (non-hydrogen) atoms. The lowest BCUT2D eigenvalue weighted by atomic mass is 10.2. The van der Waals surface area contributed by atoms with Crippen LogP contribution in [-0.4, -0.2) is 31.3 Å². The number of benzene rings is 1. The van der Waals surface area contributed by atoms with E-state index in [1.807, 2.05) is 0 Å². The summed E-state index contributed by atoms with van der Waals surface area (Å²) in [5.74, 6) is 5.55. The third-order valence-corrected chi connectivity index (χ3v) is 2.67. The van der Waals surface area contributed by atoms with Crippen molar-refractivity contribution >= 4 is 52.9 Å². The van der Waals surface area contributed by atoms with Gasteiger partial charge in [-0.05, 0) is 22.0 Å². The molecule has 0 radical (unpaired) electrons. The van der Waals surface area contributed by atoms with E-state index < -0.39 is 0 Å². The molecule has 0 unspecified atom stereocenters. The first-order chi connectivity index (χ1) is 8.58. The number of aromatic hydroxyl groups is 2. The van der Waals surface area contributed by atoms with E-state index in [2.05, 4.69) is 36.7 Å². The van der Waals surface area contributed by atoms with E-state index in [1.54, 1.807) is 0 Å². The Kier molecular flexibility index (Phi) is 7.11. The van der Waals surface area contributed by atoms with Crippen LogP contribution in [0.1, 0.15) is 5.56 Å². The SMILES string of the molecule is Cl.Cl.Nn1cnnc1N/N=C/c1cc(Br)c(O)cc1O. The van der Waals surface area contributed by atoms with Crippen LogP contribution in [0.4, 0.5) is 5.95 Å². The summed E-state index contributed by atoms with van der Waals surface area (Å²) in [7, 11) is 0. The van der Waals surface area contributed by atoms with Gasteiger partial charge >= 0.3 is 0 Å².